The number of amides is 1. The number of alkyl halides is 3. The van der Waals surface area contributed by atoms with Crippen LogP contribution in [0.15, 0.2) is 36.4 Å². The van der Waals surface area contributed by atoms with Crippen LogP contribution in [0, 0.1) is 25.0 Å². The minimum absolute atomic E-state index is 0.0423. The number of nitriles is 1. The molecule has 2 aromatic carbocycles. The monoisotopic (exact) mass is 491 g/mol. The van der Waals surface area contributed by atoms with Crippen molar-refractivity contribution in [3.05, 3.63) is 61.2 Å². The van der Waals surface area contributed by atoms with Gasteiger partial charge >= 0.3 is 6.18 Å². The number of carbonyl (C=O) groups excluding carboxylic acids is 1. The minimum atomic E-state index is -4.56. The summed E-state index contributed by atoms with van der Waals surface area (Å²) < 4.78 is 41.7. The molecule has 0 saturated carbocycles. The van der Waals surface area contributed by atoms with Gasteiger partial charge in [-0.3, -0.25) is 14.9 Å². The normalized spacial score (nSPS) is 10.8. The van der Waals surface area contributed by atoms with Crippen molar-refractivity contribution in [2.45, 2.75) is 6.18 Å². The van der Waals surface area contributed by atoms with E-state index in [0.29, 0.717) is 3.57 Å². The molecule has 27 heavy (non-hydrogen) atoms. The number of non-ortho nitro benzene ring substituents is 1. The van der Waals surface area contributed by atoms with Crippen LogP contribution in [-0.2, 0) is 0 Å². The van der Waals surface area contributed by atoms with Crippen LogP contribution in [0.25, 0.3) is 0 Å². The summed E-state index contributed by atoms with van der Waals surface area (Å²) in [5.41, 5.74) is -0.307. The lowest BCUT2D eigenvalue weighted by molar-refractivity contribution is -0.384. The lowest BCUT2D eigenvalue weighted by atomic mass is 10.1. The molecule has 0 unspecified atom stereocenters. The molecule has 0 spiro atoms. The van der Waals surface area contributed by atoms with Crippen molar-refractivity contribution in [1.82, 2.24) is 0 Å². The predicted molar refractivity (Wildman–Crippen MR) is 96.5 cm³/mol. The molecule has 1 amide bonds. The molecule has 11 heteroatoms. The van der Waals surface area contributed by atoms with Crippen molar-refractivity contribution in [3.63, 3.8) is 0 Å². The maximum Gasteiger partial charge on any atom is 0.422 e. The number of hydrogen-bond donors (Lipinski definition) is 1. The molecule has 140 valence electrons. The molecule has 0 bridgehead atoms. The largest absolute Gasteiger partial charge is 0.483 e. The molecule has 0 heterocycles. The lowest BCUT2D eigenvalue weighted by Gasteiger charge is -2.12. The number of benzene rings is 2. The van der Waals surface area contributed by atoms with Gasteiger partial charge in [0.15, 0.2) is 6.61 Å². The van der Waals surface area contributed by atoms with Gasteiger partial charge in [-0.2, -0.15) is 18.4 Å². The summed E-state index contributed by atoms with van der Waals surface area (Å²) in [4.78, 5) is 22.5. The molecule has 0 aliphatic rings. The molecule has 2 aromatic rings. The molecule has 1 N–H and O–H groups in total. The van der Waals surface area contributed by atoms with Gasteiger partial charge in [-0.1, -0.05) is 0 Å². The zero-order valence-corrected chi connectivity index (χ0v) is 15.4. The van der Waals surface area contributed by atoms with Crippen LogP contribution in [0.1, 0.15) is 15.9 Å². The maximum absolute atomic E-state index is 12.4. The Labute approximate surface area is 164 Å². The fraction of sp³-hybridized carbons (Fsp3) is 0.125. The third kappa shape index (κ3) is 5.55. The van der Waals surface area contributed by atoms with Crippen molar-refractivity contribution < 1.29 is 27.6 Å². The molecule has 0 fully saturated rings. The summed E-state index contributed by atoms with van der Waals surface area (Å²) in [6, 6.07) is 8.97. The highest BCUT2D eigenvalue weighted by Gasteiger charge is 2.29. The zero-order valence-electron chi connectivity index (χ0n) is 13.2. The molecule has 0 aliphatic carbocycles. The van der Waals surface area contributed by atoms with Gasteiger partial charge in [-0.05, 0) is 46.9 Å². The molecule has 7 nitrogen and oxygen atoms in total. The van der Waals surface area contributed by atoms with Gasteiger partial charge in [0.1, 0.15) is 11.8 Å². The zero-order chi connectivity index (χ0) is 20.2. The third-order valence-corrected chi connectivity index (χ3v) is 4.10. The van der Waals surface area contributed by atoms with Crippen molar-refractivity contribution >= 4 is 39.9 Å². The van der Waals surface area contributed by atoms with Crippen molar-refractivity contribution in [1.29, 1.82) is 5.26 Å². The maximum atomic E-state index is 12.4. The number of nitro benzene ring substituents is 1. The van der Waals surface area contributed by atoms with Crippen LogP contribution >= 0.6 is 22.6 Å². The van der Waals surface area contributed by atoms with E-state index in [2.05, 4.69) is 10.1 Å². The summed E-state index contributed by atoms with van der Waals surface area (Å²) in [6.07, 6.45) is -4.56. The van der Waals surface area contributed by atoms with E-state index >= 15 is 0 Å². The van der Waals surface area contributed by atoms with Crippen LogP contribution in [0.5, 0.6) is 5.75 Å². The van der Waals surface area contributed by atoms with Gasteiger partial charge in [0.05, 0.1) is 16.1 Å². The van der Waals surface area contributed by atoms with Crippen LogP contribution in [0.4, 0.5) is 24.5 Å². The van der Waals surface area contributed by atoms with Gasteiger partial charge in [-0.15, -0.1) is 0 Å². The van der Waals surface area contributed by atoms with Crippen LogP contribution in [-0.4, -0.2) is 23.6 Å². The Morgan fingerprint density at radius 3 is 2.59 bits per heavy atom. The summed E-state index contributed by atoms with van der Waals surface area (Å²) >= 11 is 1.83. The topological polar surface area (TPSA) is 105 Å². The summed E-state index contributed by atoms with van der Waals surface area (Å²) in [5, 5.41) is 22.3. The Balaban J connectivity index is 2.23. The third-order valence-electron chi connectivity index (χ3n) is 3.15. The highest BCUT2D eigenvalue weighted by atomic mass is 127. The first-order valence-corrected chi connectivity index (χ1v) is 8.17. The number of hydrogen-bond acceptors (Lipinski definition) is 5. The van der Waals surface area contributed by atoms with Crippen molar-refractivity contribution in [2.75, 3.05) is 11.9 Å². The van der Waals surface area contributed by atoms with E-state index in [9.17, 15) is 28.1 Å². The molecule has 0 atom stereocenters. The highest BCUT2D eigenvalue weighted by Crippen LogP contribution is 2.26. The number of nitrogens with zero attached hydrogens (tertiary/aromatic N) is 2. The molecule has 0 radical (unpaired) electrons. The molecule has 0 saturated heterocycles. The van der Waals surface area contributed by atoms with Crippen LogP contribution in [0.2, 0.25) is 0 Å². The van der Waals surface area contributed by atoms with Crippen molar-refractivity contribution in [2.24, 2.45) is 0 Å². The van der Waals surface area contributed by atoms with Crippen LogP contribution < -0.4 is 10.1 Å². The molecule has 2 rings (SSSR count). The first-order valence-electron chi connectivity index (χ1n) is 7.09. The average molecular weight is 491 g/mol. The average Bonchev–Trinajstić information content (AvgIpc) is 2.59. The standard InChI is InChI=1S/C16H9F3IN3O4/c17-16(18,19)8-27-14-4-1-10(5-9(14)7-21)22-15(24)12-6-11(23(25)26)2-3-13(12)20/h1-6H,8H2,(H,22,24). The van der Waals surface area contributed by atoms with E-state index < -0.39 is 23.6 Å². The number of halogens is 4. The highest BCUT2D eigenvalue weighted by molar-refractivity contribution is 14.1. The molecular formula is C16H9F3IN3O4. The Bertz CT molecular complexity index is 941. The van der Waals surface area contributed by atoms with E-state index in [-0.39, 0.29) is 28.3 Å². The lowest BCUT2D eigenvalue weighted by Crippen LogP contribution is -2.19. The number of rotatable bonds is 5. The van der Waals surface area contributed by atoms with E-state index in [1.54, 1.807) is 6.07 Å². The Hall–Kier alpha value is -2.88. The number of nitro groups is 1. The molecule has 0 aliphatic heterocycles. The summed E-state index contributed by atoms with van der Waals surface area (Å²) in [6.45, 7) is -1.56. The minimum Gasteiger partial charge on any atom is -0.483 e. The van der Waals surface area contributed by atoms with Gasteiger partial charge in [-0.25, -0.2) is 0 Å². The quantitative estimate of drug-likeness (QED) is 0.382. The number of anilines is 1. The second kappa shape index (κ2) is 8.21. The number of carbonyl (C=O) groups is 1. The van der Waals surface area contributed by atoms with E-state index in [1.165, 1.54) is 18.2 Å². The molecular weight excluding hydrogens is 482 g/mol. The molecule has 0 aromatic heterocycles. The fourth-order valence-electron chi connectivity index (χ4n) is 1.98. The van der Waals surface area contributed by atoms with Gasteiger partial charge in [0.2, 0.25) is 0 Å². The number of nitrogens with one attached hydrogen (secondary N) is 1. The van der Waals surface area contributed by atoms with E-state index in [1.807, 2.05) is 22.6 Å². The van der Waals surface area contributed by atoms with E-state index in [0.717, 1.165) is 18.2 Å². The smallest absolute Gasteiger partial charge is 0.422 e. The van der Waals surface area contributed by atoms with Gasteiger partial charge in [0, 0.05) is 21.4 Å². The second-order valence-corrected chi connectivity index (χ2v) is 6.26. The van der Waals surface area contributed by atoms with Gasteiger partial charge in [0.25, 0.3) is 11.6 Å². The van der Waals surface area contributed by atoms with Crippen molar-refractivity contribution in [3.8, 4) is 11.8 Å². The second-order valence-electron chi connectivity index (χ2n) is 5.10. The van der Waals surface area contributed by atoms with E-state index in [4.69, 9.17) is 5.26 Å². The fourth-order valence-corrected chi connectivity index (χ4v) is 2.56. The predicted octanol–water partition coefficient (Wildman–Crippen LogP) is 4.26. The number of ether oxygens (including phenoxy) is 1. The van der Waals surface area contributed by atoms with Gasteiger partial charge < -0.3 is 10.1 Å². The summed E-state index contributed by atoms with van der Waals surface area (Å²) in [7, 11) is 0. The summed E-state index contributed by atoms with van der Waals surface area (Å²) in [5.74, 6) is -0.950. The Morgan fingerprint density at radius 1 is 1.30 bits per heavy atom. The first-order chi connectivity index (χ1) is 12.6. The Kier molecular flexibility index (Phi) is 6.21. The SMILES string of the molecule is N#Cc1cc(NC(=O)c2cc([N+](=O)[O-])ccc2I)ccc1OCC(F)(F)F. The Morgan fingerprint density at radius 2 is 2.00 bits per heavy atom. The first kappa shape index (κ1) is 20.4. The van der Waals surface area contributed by atoms with Crippen LogP contribution in [0.3, 0.4) is 0 Å².